The summed E-state index contributed by atoms with van der Waals surface area (Å²) in [6, 6.07) is 5.42. The molecular weight excluding hydrogens is 276 g/mol. The van der Waals surface area contributed by atoms with E-state index in [9.17, 15) is 0 Å². The van der Waals surface area contributed by atoms with E-state index in [-0.39, 0.29) is 0 Å². The van der Waals surface area contributed by atoms with Crippen molar-refractivity contribution in [2.75, 3.05) is 13.1 Å². The molecule has 1 N–H and O–H groups in total. The number of rotatable bonds is 5. The zero-order valence-electron chi connectivity index (χ0n) is 13.6. The molecule has 0 bridgehead atoms. The van der Waals surface area contributed by atoms with Gasteiger partial charge in [-0.05, 0) is 36.8 Å². The molecule has 0 atom stereocenters. The molecule has 0 amide bonds. The molecule has 2 nitrogen and oxygen atoms in total. The molecule has 1 aliphatic carbocycles. The molecular formula is C18H28N2S. The summed E-state index contributed by atoms with van der Waals surface area (Å²) >= 11 is 1.98. The van der Waals surface area contributed by atoms with Gasteiger partial charge in [-0.15, -0.1) is 11.3 Å². The molecule has 116 valence electrons. The summed E-state index contributed by atoms with van der Waals surface area (Å²) < 4.78 is 0. The Labute approximate surface area is 133 Å². The number of hydrogen-bond acceptors (Lipinski definition) is 3. The molecule has 0 radical (unpaired) electrons. The molecule has 21 heavy (non-hydrogen) atoms. The second-order valence-corrected chi connectivity index (χ2v) is 8.74. The van der Waals surface area contributed by atoms with Crippen LogP contribution in [0.5, 0.6) is 0 Å². The summed E-state index contributed by atoms with van der Waals surface area (Å²) in [4.78, 5) is 5.56. The fourth-order valence-electron chi connectivity index (χ4n) is 2.89. The molecule has 0 aromatic carbocycles. The zero-order valence-corrected chi connectivity index (χ0v) is 14.4. The largest absolute Gasteiger partial charge is 0.309 e. The van der Waals surface area contributed by atoms with Crippen LogP contribution in [0.2, 0.25) is 0 Å². The van der Waals surface area contributed by atoms with Gasteiger partial charge in [-0.3, -0.25) is 4.90 Å². The Bertz CT molecular complexity index is 506. The molecule has 1 aromatic heterocycles. The normalized spacial score (nSPS) is 20.6. The third-order valence-corrected chi connectivity index (χ3v) is 5.57. The van der Waals surface area contributed by atoms with Crippen LogP contribution < -0.4 is 5.32 Å². The topological polar surface area (TPSA) is 15.3 Å². The smallest absolute Gasteiger partial charge is 0.0331 e. The molecule has 1 aliphatic heterocycles. The lowest BCUT2D eigenvalue weighted by Gasteiger charge is -2.31. The van der Waals surface area contributed by atoms with Gasteiger partial charge in [0, 0.05) is 42.0 Å². The maximum Gasteiger partial charge on any atom is 0.0331 e. The van der Waals surface area contributed by atoms with E-state index in [0.717, 1.165) is 25.7 Å². The van der Waals surface area contributed by atoms with Crippen LogP contribution in [0.4, 0.5) is 0 Å². The lowest BCUT2D eigenvalue weighted by molar-refractivity contribution is 0.273. The lowest BCUT2D eigenvalue weighted by atomic mass is 9.83. The molecule has 2 aliphatic rings. The summed E-state index contributed by atoms with van der Waals surface area (Å²) in [5.41, 5.74) is 1.97. The van der Waals surface area contributed by atoms with Gasteiger partial charge in [0.15, 0.2) is 0 Å². The fourth-order valence-corrected chi connectivity index (χ4v) is 3.90. The van der Waals surface area contributed by atoms with Gasteiger partial charge in [0.25, 0.3) is 0 Å². The van der Waals surface area contributed by atoms with Crippen molar-refractivity contribution in [2.24, 2.45) is 5.41 Å². The second-order valence-electron chi connectivity index (χ2n) is 7.49. The second kappa shape index (κ2) is 6.23. The standard InChI is InChI=1S/C18H28N2S/c1-18(2,3)14-8-10-20(11-9-14)13-17-7-6-16(21-17)12-19-15-4-5-15/h6-8,15,19H,4-5,9-13H2,1-3H3. The van der Waals surface area contributed by atoms with Crippen LogP contribution in [-0.2, 0) is 13.1 Å². The van der Waals surface area contributed by atoms with E-state index in [1.54, 1.807) is 5.57 Å². The van der Waals surface area contributed by atoms with Crippen LogP contribution in [0, 0.1) is 5.41 Å². The minimum atomic E-state index is 0.344. The van der Waals surface area contributed by atoms with Crippen molar-refractivity contribution in [1.82, 2.24) is 10.2 Å². The lowest BCUT2D eigenvalue weighted by Crippen LogP contribution is -2.30. The summed E-state index contributed by atoms with van der Waals surface area (Å²) in [6.07, 6.45) is 6.42. The van der Waals surface area contributed by atoms with E-state index < -0.39 is 0 Å². The molecule has 3 heteroatoms. The van der Waals surface area contributed by atoms with Crippen molar-refractivity contribution >= 4 is 11.3 Å². The van der Waals surface area contributed by atoms with Crippen LogP contribution in [0.1, 0.15) is 49.8 Å². The first kappa shape index (κ1) is 15.3. The average molecular weight is 305 g/mol. The van der Waals surface area contributed by atoms with Crippen LogP contribution in [-0.4, -0.2) is 24.0 Å². The van der Waals surface area contributed by atoms with Gasteiger partial charge < -0.3 is 5.32 Å². The number of nitrogens with zero attached hydrogens (tertiary/aromatic N) is 1. The van der Waals surface area contributed by atoms with Crippen molar-refractivity contribution < 1.29 is 0 Å². The van der Waals surface area contributed by atoms with Crippen molar-refractivity contribution in [3.05, 3.63) is 33.5 Å². The van der Waals surface area contributed by atoms with E-state index in [1.165, 1.54) is 35.6 Å². The Balaban J connectivity index is 1.49. The minimum absolute atomic E-state index is 0.344. The number of thiophene rings is 1. The summed E-state index contributed by atoms with van der Waals surface area (Å²) in [6.45, 7) is 11.5. The highest BCUT2D eigenvalue weighted by atomic mass is 32.1. The zero-order chi connectivity index (χ0) is 14.9. The highest BCUT2D eigenvalue weighted by molar-refractivity contribution is 7.11. The third-order valence-electron chi connectivity index (χ3n) is 4.50. The van der Waals surface area contributed by atoms with E-state index in [4.69, 9.17) is 0 Å². The molecule has 0 unspecified atom stereocenters. The van der Waals surface area contributed by atoms with Gasteiger partial charge in [0.2, 0.25) is 0 Å². The molecule has 1 aromatic rings. The van der Waals surface area contributed by atoms with Crippen LogP contribution in [0.15, 0.2) is 23.8 Å². The summed E-state index contributed by atoms with van der Waals surface area (Å²) in [5.74, 6) is 0. The van der Waals surface area contributed by atoms with Crippen molar-refractivity contribution in [3.63, 3.8) is 0 Å². The van der Waals surface area contributed by atoms with Gasteiger partial charge in [-0.2, -0.15) is 0 Å². The Morgan fingerprint density at radius 3 is 2.62 bits per heavy atom. The van der Waals surface area contributed by atoms with Crippen molar-refractivity contribution in [2.45, 2.75) is 59.2 Å². The monoisotopic (exact) mass is 304 g/mol. The van der Waals surface area contributed by atoms with E-state index in [1.807, 2.05) is 11.3 Å². The fraction of sp³-hybridized carbons (Fsp3) is 0.667. The van der Waals surface area contributed by atoms with E-state index >= 15 is 0 Å². The predicted molar refractivity (Wildman–Crippen MR) is 91.6 cm³/mol. The molecule has 1 fully saturated rings. The van der Waals surface area contributed by atoms with Gasteiger partial charge in [-0.1, -0.05) is 32.4 Å². The highest BCUT2D eigenvalue weighted by Crippen LogP contribution is 2.31. The maximum absolute atomic E-state index is 3.60. The van der Waals surface area contributed by atoms with Crippen molar-refractivity contribution in [3.8, 4) is 0 Å². The first-order chi connectivity index (χ1) is 10.0. The first-order valence-corrected chi connectivity index (χ1v) is 9.05. The molecule has 2 heterocycles. The highest BCUT2D eigenvalue weighted by Gasteiger charge is 2.22. The van der Waals surface area contributed by atoms with Crippen LogP contribution in [0.25, 0.3) is 0 Å². The Morgan fingerprint density at radius 2 is 2.00 bits per heavy atom. The van der Waals surface area contributed by atoms with Crippen LogP contribution in [0.3, 0.4) is 0 Å². The van der Waals surface area contributed by atoms with E-state index in [2.05, 4.69) is 49.2 Å². The average Bonchev–Trinajstić information content (AvgIpc) is 3.16. The van der Waals surface area contributed by atoms with Crippen LogP contribution >= 0.6 is 11.3 Å². The van der Waals surface area contributed by atoms with Gasteiger partial charge in [-0.25, -0.2) is 0 Å². The third kappa shape index (κ3) is 4.41. The number of hydrogen-bond donors (Lipinski definition) is 1. The first-order valence-electron chi connectivity index (χ1n) is 8.23. The van der Waals surface area contributed by atoms with Gasteiger partial charge in [0.1, 0.15) is 0 Å². The summed E-state index contributed by atoms with van der Waals surface area (Å²) in [7, 11) is 0. The van der Waals surface area contributed by atoms with Crippen molar-refractivity contribution in [1.29, 1.82) is 0 Å². The molecule has 0 saturated heterocycles. The van der Waals surface area contributed by atoms with E-state index in [0.29, 0.717) is 5.41 Å². The molecule has 3 rings (SSSR count). The number of nitrogens with one attached hydrogen (secondary N) is 1. The Kier molecular flexibility index (Phi) is 4.53. The maximum atomic E-state index is 3.60. The van der Waals surface area contributed by atoms with Gasteiger partial charge in [0.05, 0.1) is 0 Å². The van der Waals surface area contributed by atoms with Gasteiger partial charge >= 0.3 is 0 Å². The Hall–Kier alpha value is -0.640. The predicted octanol–water partition coefficient (Wildman–Crippen LogP) is 4.18. The summed E-state index contributed by atoms with van der Waals surface area (Å²) in [5, 5.41) is 3.60. The molecule has 1 saturated carbocycles. The Morgan fingerprint density at radius 1 is 1.24 bits per heavy atom. The SMILES string of the molecule is CC(C)(C)C1=CCN(Cc2ccc(CNC3CC3)s2)CC1. The molecule has 0 spiro atoms. The minimum Gasteiger partial charge on any atom is -0.309 e. The quantitative estimate of drug-likeness (QED) is 0.821.